The summed E-state index contributed by atoms with van der Waals surface area (Å²) in [6, 6.07) is 3.79. The Bertz CT molecular complexity index is 382. The molecule has 0 spiro atoms. The first-order valence-electron chi connectivity index (χ1n) is 6.17. The molecule has 5 heteroatoms. The third-order valence-corrected chi connectivity index (χ3v) is 2.47. The maximum Gasteiger partial charge on any atom is 0.124 e. The van der Waals surface area contributed by atoms with Crippen molar-refractivity contribution in [1.82, 2.24) is 4.98 Å². The van der Waals surface area contributed by atoms with Crippen LogP contribution in [-0.2, 0) is 4.74 Å². The van der Waals surface area contributed by atoms with Crippen LogP contribution in [0.2, 0.25) is 0 Å². The Balaban J connectivity index is 2.29. The zero-order valence-electron chi connectivity index (χ0n) is 11.0. The summed E-state index contributed by atoms with van der Waals surface area (Å²) < 4.78 is 5.50. The number of hydrogen-bond donors (Lipinski definition) is 2. The smallest absolute Gasteiger partial charge is 0.124 e. The number of nitrogens with one attached hydrogen (secondary N) is 1. The van der Waals surface area contributed by atoms with E-state index in [4.69, 9.17) is 22.7 Å². The summed E-state index contributed by atoms with van der Waals surface area (Å²) in [5, 5.41) is 3.27. The highest BCUT2D eigenvalue weighted by molar-refractivity contribution is 7.80. The molecule has 18 heavy (non-hydrogen) atoms. The second-order valence-electron chi connectivity index (χ2n) is 4.51. The molecule has 1 aromatic rings. The summed E-state index contributed by atoms with van der Waals surface area (Å²) in [5.74, 6) is 0.581. The Morgan fingerprint density at radius 1 is 1.56 bits per heavy atom. The van der Waals surface area contributed by atoms with Crippen molar-refractivity contribution in [1.29, 1.82) is 0 Å². The van der Waals surface area contributed by atoms with E-state index in [1.54, 1.807) is 6.20 Å². The highest BCUT2D eigenvalue weighted by atomic mass is 32.1. The van der Waals surface area contributed by atoms with Gasteiger partial charge >= 0.3 is 0 Å². The van der Waals surface area contributed by atoms with Crippen molar-refractivity contribution in [2.24, 2.45) is 11.7 Å². The molecule has 0 atom stereocenters. The molecule has 1 rings (SSSR count). The van der Waals surface area contributed by atoms with Gasteiger partial charge in [0.1, 0.15) is 10.7 Å². The monoisotopic (exact) mass is 267 g/mol. The lowest BCUT2D eigenvalue weighted by molar-refractivity contribution is 0.110. The van der Waals surface area contributed by atoms with E-state index in [0.29, 0.717) is 16.6 Å². The van der Waals surface area contributed by atoms with Crippen LogP contribution in [0.1, 0.15) is 26.0 Å². The van der Waals surface area contributed by atoms with Crippen LogP contribution in [-0.4, -0.2) is 29.7 Å². The van der Waals surface area contributed by atoms with Crippen LogP contribution in [0, 0.1) is 5.92 Å². The fourth-order valence-corrected chi connectivity index (χ4v) is 1.62. The summed E-state index contributed by atoms with van der Waals surface area (Å²) >= 11 is 4.95. The lowest BCUT2D eigenvalue weighted by Gasteiger charge is -2.10. The van der Waals surface area contributed by atoms with Crippen LogP contribution in [0.15, 0.2) is 18.3 Å². The van der Waals surface area contributed by atoms with Crippen molar-refractivity contribution in [3.05, 3.63) is 24.0 Å². The van der Waals surface area contributed by atoms with Gasteiger partial charge < -0.3 is 15.8 Å². The molecule has 3 N–H and O–H groups in total. The third-order valence-electron chi connectivity index (χ3n) is 2.27. The molecule has 0 radical (unpaired) electrons. The van der Waals surface area contributed by atoms with E-state index >= 15 is 0 Å². The summed E-state index contributed by atoms with van der Waals surface area (Å²) in [5.41, 5.74) is 7.14. The van der Waals surface area contributed by atoms with Crippen LogP contribution >= 0.6 is 12.2 Å². The minimum Gasteiger partial charge on any atom is -0.388 e. The number of anilines is 1. The molecular formula is C13H21N3OS. The van der Waals surface area contributed by atoms with E-state index in [-0.39, 0.29) is 0 Å². The number of pyridine rings is 1. The van der Waals surface area contributed by atoms with Crippen LogP contribution in [0.4, 0.5) is 5.69 Å². The third kappa shape index (κ3) is 5.42. The first-order valence-corrected chi connectivity index (χ1v) is 6.58. The van der Waals surface area contributed by atoms with Gasteiger partial charge in [0.05, 0.1) is 5.69 Å². The van der Waals surface area contributed by atoms with Crippen molar-refractivity contribution in [2.45, 2.75) is 20.3 Å². The summed E-state index contributed by atoms with van der Waals surface area (Å²) in [6.07, 6.45) is 2.63. The van der Waals surface area contributed by atoms with Gasteiger partial charge in [0.2, 0.25) is 0 Å². The number of aromatic nitrogens is 1. The van der Waals surface area contributed by atoms with Gasteiger partial charge in [-0.1, -0.05) is 26.1 Å². The Morgan fingerprint density at radius 2 is 2.33 bits per heavy atom. The second-order valence-corrected chi connectivity index (χ2v) is 4.95. The number of ether oxygens (including phenoxy) is 1. The van der Waals surface area contributed by atoms with Gasteiger partial charge in [-0.25, -0.2) is 0 Å². The fourth-order valence-electron chi connectivity index (χ4n) is 1.46. The molecular weight excluding hydrogens is 246 g/mol. The fraction of sp³-hybridized carbons (Fsp3) is 0.538. The van der Waals surface area contributed by atoms with E-state index in [9.17, 15) is 0 Å². The summed E-state index contributed by atoms with van der Waals surface area (Å²) in [4.78, 5) is 4.47. The number of hydrogen-bond acceptors (Lipinski definition) is 4. The Morgan fingerprint density at radius 3 is 3.00 bits per heavy atom. The molecule has 0 unspecified atom stereocenters. The first kappa shape index (κ1) is 14.9. The van der Waals surface area contributed by atoms with Crippen LogP contribution in [0.5, 0.6) is 0 Å². The molecule has 0 aliphatic carbocycles. The van der Waals surface area contributed by atoms with Gasteiger partial charge in [-0.15, -0.1) is 0 Å². The van der Waals surface area contributed by atoms with Gasteiger partial charge in [0, 0.05) is 26.0 Å². The van der Waals surface area contributed by atoms with E-state index in [1.807, 2.05) is 12.1 Å². The zero-order valence-corrected chi connectivity index (χ0v) is 11.8. The summed E-state index contributed by atoms with van der Waals surface area (Å²) in [7, 11) is 0. The minimum absolute atomic E-state index is 0.314. The highest BCUT2D eigenvalue weighted by Gasteiger charge is 2.04. The molecule has 0 bridgehead atoms. The lowest BCUT2D eigenvalue weighted by atomic mass is 10.2. The van der Waals surface area contributed by atoms with Gasteiger partial charge in [0.15, 0.2) is 0 Å². The van der Waals surface area contributed by atoms with Crippen molar-refractivity contribution in [2.75, 3.05) is 25.1 Å². The Hall–Kier alpha value is -1.20. The van der Waals surface area contributed by atoms with E-state index in [1.165, 1.54) is 0 Å². The maximum atomic E-state index is 5.60. The first-order chi connectivity index (χ1) is 8.61. The predicted molar refractivity (Wildman–Crippen MR) is 78.9 cm³/mol. The van der Waals surface area contributed by atoms with E-state index in [2.05, 4.69) is 24.1 Å². The Kier molecular flexibility index (Phi) is 6.60. The van der Waals surface area contributed by atoms with Crippen molar-refractivity contribution in [3.8, 4) is 0 Å². The molecule has 1 heterocycles. The average Bonchev–Trinajstić information content (AvgIpc) is 2.33. The van der Waals surface area contributed by atoms with Crippen LogP contribution in [0.25, 0.3) is 0 Å². The van der Waals surface area contributed by atoms with E-state index < -0.39 is 0 Å². The van der Waals surface area contributed by atoms with Gasteiger partial charge in [-0.05, 0) is 24.5 Å². The molecule has 0 amide bonds. The number of thiocarbonyl (C=S) groups is 1. The van der Waals surface area contributed by atoms with Crippen LogP contribution < -0.4 is 11.1 Å². The molecule has 0 aliphatic heterocycles. The van der Waals surface area contributed by atoms with Crippen molar-refractivity contribution >= 4 is 22.9 Å². The van der Waals surface area contributed by atoms with E-state index in [0.717, 1.165) is 31.9 Å². The van der Waals surface area contributed by atoms with Crippen molar-refractivity contribution in [3.63, 3.8) is 0 Å². The second kappa shape index (κ2) is 8.00. The topological polar surface area (TPSA) is 60.2 Å². The van der Waals surface area contributed by atoms with Crippen LogP contribution in [0.3, 0.4) is 0 Å². The normalized spacial score (nSPS) is 10.6. The molecule has 0 aromatic carbocycles. The number of nitrogens with two attached hydrogens (primary N) is 1. The Labute approximate surface area is 114 Å². The lowest BCUT2D eigenvalue weighted by Crippen LogP contribution is -2.16. The molecule has 0 saturated carbocycles. The zero-order chi connectivity index (χ0) is 13.4. The molecule has 1 aromatic heterocycles. The minimum atomic E-state index is 0.314. The largest absolute Gasteiger partial charge is 0.388 e. The number of nitrogens with zero attached hydrogens (tertiary/aromatic N) is 1. The van der Waals surface area contributed by atoms with Gasteiger partial charge in [-0.3, -0.25) is 4.98 Å². The quantitative estimate of drug-likeness (QED) is 0.558. The molecule has 4 nitrogen and oxygen atoms in total. The SMILES string of the molecule is CC(C)COCCCNc1cccnc1C(N)=S. The van der Waals surface area contributed by atoms with Crippen molar-refractivity contribution < 1.29 is 4.74 Å². The summed E-state index contributed by atoms with van der Waals surface area (Å²) in [6.45, 7) is 6.67. The molecule has 0 saturated heterocycles. The van der Waals surface area contributed by atoms with Gasteiger partial charge in [0.25, 0.3) is 0 Å². The highest BCUT2D eigenvalue weighted by Crippen LogP contribution is 2.11. The standard InChI is InChI=1S/C13H21N3OS/c1-10(2)9-17-8-4-7-15-11-5-3-6-16-12(11)13(14)18/h3,5-6,10,15H,4,7-9H2,1-2H3,(H2,14,18). The molecule has 0 aliphatic rings. The average molecular weight is 267 g/mol. The maximum absolute atomic E-state index is 5.60. The molecule has 100 valence electrons. The molecule has 0 fully saturated rings. The van der Waals surface area contributed by atoms with Gasteiger partial charge in [-0.2, -0.15) is 0 Å². The number of rotatable bonds is 8. The predicted octanol–water partition coefficient (Wildman–Crippen LogP) is 2.19.